The van der Waals surface area contributed by atoms with Crippen molar-refractivity contribution in [3.05, 3.63) is 104 Å². The lowest BCUT2D eigenvalue weighted by atomic mass is 10.1. The number of aryl methyl sites for hydroxylation is 1. The number of benzene rings is 3. The Labute approximate surface area is 174 Å². The number of hydrogen-bond acceptors (Lipinski definition) is 1. The van der Waals surface area contributed by atoms with Gasteiger partial charge in [0.1, 0.15) is 0 Å². The maximum Gasteiger partial charge on any atom is 0.200 e. The molecule has 7 heteroatoms. The van der Waals surface area contributed by atoms with Gasteiger partial charge in [-0.3, -0.25) is 0 Å². The molecule has 0 radical (unpaired) electrons. The van der Waals surface area contributed by atoms with Crippen molar-refractivity contribution in [1.29, 1.82) is 0 Å². The Bertz CT molecular complexity index is 982. The first-order valence-corrected chi connectivity index (χ1v) is 9.66. The van der Waals surface area contributed by atoms with Gasteiger partial charge in [-0.15, -0.1) is 0 Å². The van der Waals surface area contributed by atoms with Crippen LogP contribution in [0.5, 0.6) is 0 Å². The Kier molecular flexibility index (Phi) is 6.65. The van der Waals surface area contributed by atoms with Crippen molar-refractivity contribution >= 4 is 29.4 Å². The van der Waals surface area contributed by atoms with Gasteiger partial charge in [-0.05, 0) is 47.7 Å². The van der Waals surface area contributed by atoms with E-state index >= 15 is 0 Å². The molecule has 0 aliphatic rings. The highest BCUT2D eigenvalue weighted by molar-refractivity contribution is 8.03. The molecule has 0 fully saturated rings. The molecule has 150 valence electrons. The summed E-state index contributed by atoms with van der Waals surface area (Å²) >= 11 is 7.06. The first kappa shape index (κ1) is 21.4. The summed E-state index contributed by atoms with van der Waals surface area (Å²) in [5.41, 5.74) is 0.825. The molecule has 0 spiro atoms. The third-order valence-electron chi connectivity index (χ3n) is 4.11. The number of hydrogen-bond donors (Lipinski definition) is 0. The van der Waals surface area contributed by atoms with Gasteiger partial charge in [-0.2, -0.15) is 0 Å². The van der Waals surface area contributed by atoms with Gasteiger partial charge in [0.05, 0.1) is 5.56 Å². The molecule has 3 aromatic rings. The normalized spacial score (nSPS) is 11.8. The summed E-state index contributed by atoms with van der Waals surface area (Å²) in [5, 5.41) is 0.519. The zero-order valence-corrected chi connectivity index (χ0v) is 16.7. The Hall–Kier alpha value is -2.31. The fraction of sp³-hybridized carbons (Fsp3) is 0.0909. The molecule has 0 bridgehead atoms. The van der Waals surface area contributed by atoms with Gasteiger partial charge in [0.25, 0.3) is 0 Å². The molecule has 0 heterocycles. The highest BCUT2D eigenvalue weighted by atomic mass is 35.5. The van der Waals surface area contributed by atoms with Crippen LogP contribution in [0.15, 0.2) is 58.3 Å². The molecule has 3 aromatic carbocycles. The summed E-state index contributed by atoms with van der Waals surface area (Å²) in [7, 11) is 0. The lowest BCUT2D eigenvalue weighted by molar-refractivity contribution is 0.377. The average Bonchev–Trinajstić information content (AvgIpc) is 2.71. The lowest BCUT2D eigenvalue weighted by Gasteiger charge is -2.11. The first-order chi connectivity index (χ1) is 13.8. The van der Waals surface area contributed by atoms with Crippen LogP contribution in [0, 0.1) is 36.0 Å². The van der Waals surface area contributed by atoms with Crippen LogP contribution in [0.3, 0.4) is 0 Å². The zero-order valence-electron chi connectivity index (χ0n) is 15.1. The molecule has 0 atom stereocenters. The van der Waals surface area contributed by atoms with Crippen LogP contribution in [-0.4, -0.2) is 0 Å². The molecule has 0 aliphatic carbocycles. The first-order valence-electron chi connectivity index (χ1n) is 8.47. The van der Waals surface area contributed by atoms with Gasteiger partial charge in [-0.25, -0.2) is 22.0 Å². The van der Waals surface area contributed by atoms with Crippen LogP contribution >= 0.6 is 23.4 Å². The van der Waals surface area contributed by atoms with Gasteiger partial charge in [0.2, 0.25) is 5.82 Å². The van der Waals surface area contributed by atoms with E-state index in [0.717, 1.165) is 22.1 Å². The van der Waals surface area contributed by atoms with E-state index in [0.29, 0.717) is 9.93 Å². The Morgan fingerprint density at radius 2 is 1.31 bits per heavy atom. The predicted octanol–water partition coefficient (Wildman–Crippen LogP) is 7.72. The topological polar surface area (TPSA) is 0 Å². The van der Waals surface area contributed by atoms with Crippen molar-refractivity contribution in [2.75, 3.05) is 0 Å². The second-order valence-electron chi connectivity index (χ2n) is 6.31. The summed E-state index contributed by atoms with van der Waals surface area (Å²) in [6, 6.07) is 14.1. The van der Waals surface area contributed by atoms with Gasteiger partial charge in [-0.1, -0.05) is 53.2 Å². The molecular weight excluding hydrogens is 427 g/mol. The summed E-state index contributed by atoms with van der Waals surface area (Å²) in [6.07, 6.45) is 1.21. The molecule has 0 amide bonds. The number of allylic oxidation sites excluding steroid dienone is 1. The lowest BCUT2D eigenvalue weighted by Crippen LogP contribution is -2.04. The van der Waals surface area contributed by atoms with Gasteiger partial charge in [0, 0.05) is 16.3 Å². The van der Waals surface area contributed by atoms with Crippen LogP contribution in [0.25, 0.3) is 6.08 Å². The molecule has 0 aromatic heterocycles. The van der Waals surface area contributed by atoms with Gasteiger partial charge in [0.15, 0.2) is 23.3 Å². The summed E-state index contributed by atoms with van der Waals surface area (Å²) < 4.78 is 68.8. The second-order valence-corrected chi connectivity index (χ2v) is 7.95. The standard InChI is InChI=1S/C22H14ClF5S/c1-12-2-8-15(9-3-12)29-16(10-13-4-6-14(23)7-5-13)11-17-18(24)20(26)22(28)21(27)19(17)25/h2-9,11H,10H2,1H3/b16-11+. The van der Waals surface area contributed by atoms with Crippen LogP contribution in [0.2, 0.25) is 5.02 Å². The number of thioether (sulfide) groups is 1. The third-order valence-corrected chi connectivity index (χ3v) is 5.39. The molecule has 0 saturated heterocycles. The summed E-state index contributed by atoms with van der Waals surface area (Å²) in [6.45, 7) is 1.91. The molecule has 0 aliphatic heterocycles. The maximum absolute atomic E-state index is 14.2. The van der Waals surface area contributed by atoms with Crippen molar-refractivity contribution in [1.82, 2.24) is 0 Å². The number of halogens is 6. The van der Waals surface area contributed by atoms with Crippen LogP contribution in [0.4, 0.5) is 22.0 Å². The van der Waals surface area contributed by atoms with E-state index in [4.69, 9.17) is 11.6 Å². The van der Waals surface area contributed by atoms with E-state index in [1.165, 1.54) is 11.8 Å². The largest absolute Gasteiger partial charge is 0.203 e. The minimum Gasteiger partial charge on any atom is -0.203 e. The minimum absolute atomic E-state index is 0.217. The Morgan fingerprint density at radius 3 is 1.86 bits per heavy atom. The highest BCUT2D eigenvalue weighted by Crippen LogP contribution is 2.33. The summed E-state index contributed by atoms with van der Waals surface area (Å²) in [5.74, 6) is -9.84. The van der Waals surface area contributed by atoms with Crippen molar-refractivity contribution in [2.24, 2.45) is 0 Å². The smallest absolute Gasteiger partial charge is 0.200 e. The van der Waals surface area contributed by atoms with E-state index in [1.54, 1.807) is 24.3 Å². The molecule has 29 heavy (non-hydrogen) atoms. The fourth-order valence-electron chi connectivity index (χ4n) is 2.59. The van der Waals surface area contributed by atoms with Crippen LogP contribution < -0.4 is 0 Å². The maximum atomic E-state index is 14.2. The molecular formula is C22H14ClF5S. The second kappa shape index (κ2) is 9.01. The third kappa shape index (κ3) is 5.00. The van der Waals surface area contributed by atoms with E-state index < -0.39 is 34.6 Å². The monoisotopic (exact) mass is 440 g/mol. The van der Waals surface area contributed by atoms with Crippen molar-refractivity contribution < 1.29 is 22.0 Å². The zero-order chi connectivity index (χ0) is 21.1. The van der Waals surface area contributed by atoms with Crippen LogP contribution in [-0.2, 0) is 6.42 Å². The molecule has 3 rings (SSSR count). The van der Waals surface area contributed by atoms with Crippen molar-refractivity contribution in [3.63, 3.8) is 0 Å². The van der Waals surface area contributed by atoms with E-state index in [2.05, 4.69) is 0 Å². The molecule has 0 unspecified atom stereocenters. The fourth-order valence-corrected chi connectivity index (χ4v) is 3.70. The molecule has 0 N–H and O–H groups in total. The van der Waals surface area contributed by atoms with Gasteiger partial charge < -0.3 is 0 Å². The highest BCUT2D eigenvalue weighted by Gasteiger charge is 2.25. The Balaban J connectivity index is 2.06. The SMILES string of the molecule is Cc1ccc(S/C(=C/c2c(F)c(F)c(F)c(F)c2F)Cc2ccc(Cl)cc2)cc1. The quantitative estimate of drug-likeness (QED) is 0.169. The van der Waals surface area contributed by atoms with Crippen LogP contribution in [0.1, 0.15) is 16.7 Å². The minimum atomic E-state index is -2.18. The van der Waals surface area contributed by atoms with Crippen molar-refractivity contribution in [2.45, 2.75) is 18.2 Å². The van der Waals surface area contributed by atoms with E-state index in [-0.39, 0.29) is 6.42 Å². The van der Waals surface area contributed by atoms with Gasteiger partial charge >= 0.3 is 0 Å². The summed E-state index contributed by atoms with van der Waals surface area (Å²) in [4.78, 5) is 1.17. The van der Waals surface area contributed by atoms with E-state index in [1.807, 2.05) is 31.2 Å². The average molecular weight is 441 g/mol. The van der Waals surface area contributed by atoms with Crippen molar-refractivity contribution in [3.8, 4) is 0 Å². The Morgan fingerprint density at radius 1 is 0.793 bits per heavy atom. The molecule has 0 saturated carbocycles. The predicted molar refractivity (Wildman–Crippen MR) is 106 cm³/mol. The van der Waals surface area contributed by atoms with E-state index in [9.17, 15) is 22.0 Å². The molecule has 0 nitrogen and oxygen atoms in total. The number of rotatable bonds is 5.